The van der Waals surface area contributed by atoms with Crippen LogP contribution in [0, 0.1) is 0 Å². The average Bonchev–Trinajstić information content (AvgIpc) is 2.38. The molecular formula is C15H19F3N2. The molecule has 2 saturated heterocycles. The van der Waals surface area contributed by atoms with E-state index in [1.807, 2.05) is 0 Å². The molecule has 2 aliphatic rings. The fourth-order valence-corrected chi connectivity index (χ4v) is 3.67. The maximum atomic E-state index is 12.7. The van der Waals surface area contributed by atoms with Crippen molar-refractivity contribution < 1.29 is 13.2 Å². The maximum absolute atomic E-state index is 12.7. The Bertz CT molecular complexity index is 471. The van der Waals surface area contributed by atoms with Gasteiger partial charge in [-0.05, 0) is 44.0 Å². The van der Waals surface area contributed by atoms with Crippen LogP contribution in [0.5, 0.6) is 0 Å². The third-order valence-corrected chi connectivity index (χ3v) is 4.90. The predicted octanol–water partition coefficient (Wildman–Crippen LogP) is 2.99. The second kappa shape index (κ2) is 4.74. The van der Waals surface area contributed by atoms with Gasteiger partial charge in [0.05, 0.1) is 11.1 Å². The van der Waals surface area contributed by atoms with Crippen molar-refractivity contribution in [1.82, 2.24) is 10.2 Å². The number of nitrogens with one attached hydrogen (secondary N) is 1. The minimum absolute atomic E-state index is 0.148. The SMILES string of the molecule is CN1C2CCCC1(c1ccc(C(F)(F)F)cc1)CNC2. The number of alkyl halides is 3. The summed E-state index contributed by atoms with van der Waals surface area (Å²) in [4.78, 5) is 2.36. The van der Waals surface area contributed by atoms with E-state index in [4.69, 9.17) is 0 Å². The highest BCUT2D eigenvalue weighted by atomic mass is 19.4. The Hall–Kier alpha value is -1.07. The van der Waals surface area contributed by atoms with Crippen molar-refractivity contribution in [2.75, 3.05) is 20.1 Å². The van der Waals surface area contributed by atoms with Crippen molar-refractivity contribution >= 4 is 0 Å². The van der Waals surface area contributed by atoms with E-state index < -0.39 is 11.7 Å². The number of benzene rings is 1. The van der Waals surface area contributed by atoms with E-state index >= 15 is 0 Å². The Kier molecular flexibility index (Phi) is 3.29. The summed E-state index contributed by atoms with van der Waals surface area (Å²) in [7, 11) is 2.10. The van der Waals surface area contributed by atoms with Gasteiger partial charge in [-0.15, -0.1) is 0 Å². The molecule has 2 heterocycles. The van der Waals surface area contributed by atoms with Crippen molar-refractivity contribution in [2.45, 2.75) is 37.0 Å². The highest BCUT2D eigenvalue weighted by molar-refractivity contribution is 5.32. The Balaban J connectivity index is 1.94. The number of halogens is 3. The van der Waals surface area contributed by atoms with Crippen LogP contribution in [0.2, 0.25) is 0 Å². The standard InChI is InChI=1S/C15H19F3N2/c1-20-13-3-2-8-14(20,10-19-9-13)11-4-6-12(7-5-11)15(16,17)18/h4-7,13,19H,2-3,8-10H2,1H3. The fourth-order valence-electron chi connectivity index (χ4n) is 3.67. The number of hydrogen-bond acceptors (Lipinski definition) is 2. The van der Waals surface area contributed by atoms with Crippen molar-refractivity contribution in [1.29, 1.82) is 0 Å². The molecule has 0 aliphatic carbocycles. The molecule has 20 heavy (non-hydrogen) atoms. The molecule has 0 radical (unpaired) electrons. The summed E-state index contributed by atoms with van der Waals surface area (Å²) in [5.74, 6) is 0. The summed E-state index contributed by atoms with van der Waals surface area (Å²) < 4.78 is 38.0. The summed E-state index contributed by atoms with van der Waals surface area (Å²) in [5, 5.41) is 3.44. The van der Waals surface area contributed by atoms with Crippen LogP contribution in [-0.4, -0.2) is 31.1 Å². The normalized spacial score (nSPS) is 31.3. The van der Waals surface area contributed by atoms with E-state index in [-0.39, 0.29) is 5.54 Å². The molecular weight excluding hydrogens is 265 g/mol. The van der Waals surface area contributed by atoms with Crippen molar-refractivity contribution in [3.8, 4) is 0 Å². The molecule has 2 atom stereocenters. The maximum Gasteiger partial charge on any atom is 0.416 e. The van der Waals surface area contributed by atoms with Crippen LogP contribution < -0.4 is 5.32 Å². The summed E-state index contributed by atoms with van der Waals surface area (Å²) in [5.41, 5.74) is 0.270. The van der Waals surface area contributed by atoms with Crippen LogP contribution in [0.15, 0.2) is 24.3 Å². The summed E-state index contributed by atoms with van der Waals surface area (Å²) in [6.07, 6.45) is -0.968. The van der Waals surface area contributed by atoms with E-state index in [0.717, 1.165) is 37.9 Å². The molecule has 0 saturated carbocycles. The summed E-state index contributed by atoms with van der Waals surface area (Å²) >= 11 is 0. The fraction of sp³-hybridized carbons (Fsp3) is 0.600. The van der Waals surface area contributed by atoms with Gasteiger partial charge in [0.1, 0.15) is 0 Å². The number of nitrogens with zero attached hydrogens (tertiary/aromatic N) is 1. The van der Waals surface area contributed by atoms with Crippen LogP contribution in [0.3, 0.4) is 0 Å². The molecule has 2 unspecified atom stereocenters. The van der Waals surface area contributed by atoms with Gasteiger partial charge in [-0.3, -0.25) is 4.90 Å². The lowest BCUT2D eigenvalue weighted by Gasteiger charge is -2.54. The zero-order chi connectivity index (χ0) is 14.4. The number of piperazine rings is 1. The van der Waals surface area contributed by atoms with E-state index in [9.17, 15) is 13.2 Å². The first-order valence-corrected chi connectivity index (χ1v) is 7.05. The molecule has 3 rings (SSSR count). The molecule has 0 aromatic heterocycles. The monoisotopic (exact) mass is 284 g/mol. The Morgan fingerprint density at radius 1 is 1.25 bits per heavy atom. The topological polar surface area (TPSA) is 15.3 Å². The lowest BCUT2D eigenvalue weighted by molar-refractivity contribution is -0.137. The minimum Gasteiger partial charge on any atom is -0.313 e. The quantitative estimate of drug-likeness (QED) is 0.853. The number of rotatable bonds is 1. The number of likely N-dealkylation sites (N-methyl/N-ethyl adjacent to an activating group) is 1. The van der Waals surface area contributed by atoms with Gasteiger partial charge in [0.2, 0.25) is 0 Å². The molecule has 1 aromatic carbocycles. The molecule has 0 amide bonds. The van der Waals surface area contributed by atoms with Gasteiger partial charge in [0.15, 0.2) is 0 Å². The predicted molar refractivity (Wildman–Crippen MR) is 71.4 cm³/mol. The third kappa shape index (κ3) is 2.13. The van der Waals surface area contributed by atoms with E-state index in [0.29, 0.717) is 6.04 Å². The Morgan fingerprint density at radius 2 is 1.95 bits per heavy atom. The largest absolute Gasteiger partial charge is 0.416 e. The van der Waals surface area contributed by atoms with Gasteiger partial charge in [-0.2, -0.15) is 13.2 Å². The van der Waals surface area contributed by atoms with Crippen molar-refractivity contribution in [3.05, 3.63) is 35.4 Å². The Morgan fingerprint density at radius 3 is 2.60 bits per heavy atom. The zero-order valence-electron chi connectivity index (χ0n) is 11.5. The van der Waals surface area contributed by atoms with Gasteiger partial charge in [0, 0.05) is 19.1 Å². The Labute approximate surface area is 117 Å². The van der Waals surface area contributed by atoms with Crippen LogP contribution in [-0.2, 0) is 11.7 Å². The number of piperidine rings is 1. The van der Waals surface area contributed by atoms with Gasteiger partial charge in [-0.25, -0.2) is 0 Å². The first-order valence-electron chi connectivity index (χ1n) is 7.05. The summed E-state index contributed by atoms with van der Waals surface area (Å²) in [6, 6.07) is 6.19. The average molecular weight is 284 g/mol. The molecule has 2 aliphatic heterocycles. The van der Waals surface area contributed by atoms with Crippen molar-refractivity contribution in [2.24, 2.45) is 0 Å². The highest BCUT2D eigenvalue weighted by Gasteiger charge is 2.45. The molecule has 5 heteroatoms. The molecule has 1 N–H and O–H groups in total. The molecule has 110 valence electrons. The molecule has 1 aromatic rings. The van der Waals surface area contributed by atoms with E-state index in [1.54, 1.807) is 12.1 Å². The first kappa shape index (κ1) is 13.9. The van der Waals surface area contributed by atoms with Crippen molar-refractivity contribution in [3.63, 3.8) is 0 Å². The van der Waals surface area contributed by atoms with Crippen LogP contribution in [0.25, 0.3) is 0 Å². The third-order valence-electron chi connectivity index (χ3n) is 4.90. The van der Waals surface area contributed by atoms with Gasteiger partial charge in [0.25, 0.3) is 0 Å². The molecule has 2 nitrogen and oxygen atoms in total. The number of fused-ring (bicyclic) bond motifs is 2. The van der Waals surface area contributed by atoms with E-state index in [1.165, 1.54) is 12.1 Å². The molecule has 0 spiro atoms. The second-order valence-electron chi connectivity index (χ2n) is 5.89. The van der Waals surface area contributed by atoms with Crippen LogP contribution >= 0.6 is 0 Å². The smallest absolute Gasteiger partial charge is 0.313 e. The highest BCUT2D eigenvalue weighted by Crippen LogP contribution is 2.41. The van der Waals surface area contributed by atoms with Gasteiger partial charge in [-0.1, -0.05) is 12.1 Å². The minimum atomic E-state index is -4.26. The zero-order valence-corrected chi connectivity index (χ0v) is 11.5. The van der Waals surface area contributed by atoms with E-state index in [2.05, 4.69) is 17.3 Å². The van der Waals surface area contributed by atoms with Gasteiger partial charge >= 0.3 is 6.18 Å². The van der Waals surface area contributed by atoms with Crippen LogP contribution in [0.1, 0.15) is 30.4 Å². The lowest BCUT2D eigenvalue weighted by Crippen LogP contribution is -2.64. The second-order valence-corrected chi connectivity index (χ2v) is 5.89. The molecule has 2 bridgehead atoms. The first-order chi connectivity index (χ1) is 9.43. The van der Waals surface area contributed by atoms with Crippen LogP contribution in [0.4, 0.5) is 13.2 Å². The molecule has 2 fully saturated rings. The number of hydrogen-bond donors (Lipinski definition) is 1. The lowest BCUT2D eigenvalue weighted by atomic mass is 9.76. The summed E-state index contributed by atoms with van der Waals surface area (Å²) in [6.45, 7) is 1.78. The van der Waals surface area contributed by atoms with Gasteiger partial charge < -0.3 is 5.32 Å².